The van der Waals surface area contributed by atoms with Gasteiger partial charge in [-0.2, -0.15) is 0 Å². The molecule has 0 amide bonds. The molecule has 0 bridgehead atoms. The molecule has 1 unspecified atom stereocenters. The summed E-state index contributed by atoms with van der Waals surface area (Å²) in [6, 6.07) is 1.42. The van der Waals surface area contributed by atoms with Gasteiger partial charge in [0.1, 0.15) is 16.5 Å². The van der Waals surface area contributed by atoms with Crippen molar-refractivity contribution in [2.45, 2.75) is 31.2 Å². The first-order chi connectivity index (χ1) is 9.03. The van der Waals surface area contributed by atoms with Gasteiger partial charge in [-0.05, 0) is 34.8 Å². The largest absolute Gasteiger partial charge is 0.329 e. The molecular weight excluding hydrogens is 354 g/mol. The van der Waals surface area contributed by atoms with Crippen molar-refractivity contribution in [3.05, 3.63) is 28.2 Å². The van der Waals surface area contributed by atoms with Gasteiger partial charge in [-0.1, -0.05) is 13.8 Å². The Labute approximate surface area is 125 Å². The quantitative estimate of drug-likeness (QED) is 0.835. The van der Waals surface area contributed by atoms with E-state index in [2.05, 4.69) is 20.7 Å². The first-order valence-corrected chi connectivity index (χ1v) is 8.19. The minimum absolute atomic E-state index is 0.0460. The van der Waals surface area contributed by atoms with Crippen molar-refractivity contribution in [3.63, 3.8) is 0 Å². The predicted octanol–water partition coefficient (Wildman–Crippen LogP) is 2.38. The SMILES string of the molecule is CC(C)C(C)(CN)NS(=O)(=O)c1c(F)cc(F)cc1Br. The van der Waals surface area contributed by atoms with Crippen LogP contribution in [0.4, 0.5) is 8.78 Å². The maximum Gasteiger partial charge on any atom is 0.245 e. The summed E-state index contributed by atoms with van der Waals surface area (Å²) in [5, 5.41) is 0. The molecule has 114 valence electrons. The number of nitrogens with one attached hydrogen (secondary N) is 1. The summed E-state index contributed by atoms with van der Waals surface area (Å²) in [7, 11) is -4.17. The molecule has 4 nitrogen and oxygen atoms in total. The molecule has 0 saturated carbocycles. The Bertz CT molecular complexity index is 584. The van der Waals surface area contributed by atoms with Crippen LogP contribution in [0.25, 0.3) is 0 Å². The van der Waals surface area contributed by atoms with E-state index in [-0.39, 0.29) is 16.9 Å². The van der Waals surface area contributed by atoms with E-state index in [9.17, 15) is 17.2 Å². The molecule has 3 N–H and O–H groups in total. The number of hydrogen-bond acceptors (Lipinski definition) is 3. The molecule has 0 aliphatic carbocycles. The van der Waals surface area contributed by atoms with E-state index in [1.54, 1.807) is 20.8 Å². The van der Waals surface area contributed by atoms with E-state index in [0.29, 0.717) is 6.07 Å². The zero-order chi connectivity index (χ0) is 15.7. The van der Waals surface area contributed by atoms with Crippen molar-refractivity contribution >= 4 is 26.0 Å². The van der Waals surface area contributed by atoms with Crippen LogP contribution in [0.1, 0.15) is 20.8 Å². The first kappa shape index (κ1) is 17.5. The topological polar surface area (TPSA) is 72.2 Å². The summed E-state index contributed by atoms with van der Waals surface area (Å²) in [5.74, 6) is -2.13. The molecule has 0 aromatic heterocycles. The second-order valence-corrected chi connectivity index (χ2v) is 7.55. The molecule has 0 saturated heterocycles. The van der Waals surface area contributed by atoms with Crippen molar-refractivity contribution in [3.8, 4) is 0 Å². The number of benzene rings is 1. The standard InChI is InChI=1S/C12H17BrF2N2O2S/c1-7(2)12(3,6-16)17-20(18,19)11-9(13)4-8(14)5-10(11)15/h4-5,7,17H,6,16H2,1-3H3. The van der Waals surface area contributed by atoms with Gasteiger partial charge in [0.05, 0.1) is 0 Å². The molecule has 20 heavy (non-hydrogen) atoms. The van der Waals surface area contributed by atoms with Gasteiger partial charge in [0.15, 0.2) is 0 Å². The van der Waals surface area contributed by atoms with Crippen LogP contribution in [0, 0.1) is 17.6 Å². The third kappa shape index (κ3) is 3.55. The first-order valence-electron chi connectivity index (χ1n) is 5.92. The van der Waals surface area contributed by atoms with Crippen molar-refractivity contribution < 1.29 is 17.2 Å². The molecule has 1 aromatic carbocycles. The summed E-state index contributed by atoms with van der Waals surface area (Å²) in [6.45, 7) is 5.27. The lowest BCUT2D eigenvalue weighted by atomic mass is 9.90. The Morgan fingerprint density at radius 3 is 2.35 bits per heavy atom. The van der Waals surface area contributed by atoms with Crippen molar-refractivity contribution in [1.82, 2.24) is 4.72 Å². The lowest BCUT2D eigenvalue weighted by molar-refractivity contribution is 0.314. The minimum Gasteiger partial charge on any atom is -0.329 e. The summed E-state index contributed by atoms with van der Waals surface area (Å²) in [4.78, 5) is -0.626. The van der Waals surface area contributed by atoms with Crippen LogP contribution < -0.4 is 10.5 Å². The number of halogens is 3. The van der Waals surface area contributed by atoms with Crippen LogP contribution in [-0.4, -0.2) is 20.5 Å². The molecule has 0 aliphatic rings. The van der Waals surface area contributed by atoms with Crippen molar-refractivity contribution in [1.29, 1.82) is 0 Å². The second kappa shape index (κ2) is 6.05. The highest BCUT2D eigenvalue weighted by molar-refractivity contribution is 9.10. The zero-order valence-electron chi connectivity index (χ0n) is 11.4. The van der Waals surface area contributed by atoms with Gasteiger partial charge in [0.2, 0.25) is 10.0 Å². The fourth-order valence-corrected chi connectivity index (χ4v) is 4.25. The number of rotatable bonds is 5. The van der Waals surface area contributed by atoms with E-state index < -0.39 is 32.1 Å². The molecular formula is C12H17BrF2N2O2S. The van der Waals surface area contributed by atoms with E-state index in [0.717, 1.165) is 6.07 Å². The van der Waals surface area contributed by atoms with Gasteiger partial charge in [-0.25, -0.2) is 21.9 Å². The van der Waals surface area contributed by atoms with Crippen LogP contribution in [-0.2, 0) is 10.0 Å². The highest BCUT2D eigenvalue weighted by atomic mass is 79.9. The monoisotopic (exact) mass is 370 g/mol. The molecule has 0 radical (unpaired) electrons. The van der Waals surface area contributed by atoms with Crippen LogP contribution in [0.2, 0.25) is 0 Å². The van der Waals surface area contributed by atoms with E-state index >= 15 is 0 Å². The Morgan fingerprint density at radius 1 is 1.40 bits per heavy atom. The Balaban J connectivity index is 3.32. The van der Waals surface area contributed by atoms with E-state index in [4.69, 9.17) is 5.73 Å². The lowest BCUT2D eigenvalue weighted by Gasteiger charge is -2.33. The van der Waals surface area contributed by atoms with Crippen LogP contribution in [0.3, 0.4) is 0 Å². The minimum atomic E-state index is -4.17. The molecule has 0 heterocycles. The summed E-state index contributed by atoms with van der Waals surface area (Å²) in [6.07, 6.45) is 0. The average Bonchev–Trinajstić information content (AvgIpc) is 2.25. The molecule has 0 spiro atoms. The summed E-state index contributed by atoms with van der Waals surface area (Å²) < 4.78 is 53.6. The smallest absolute Gasteiger partial charge is 0.245 e. The van der Waals surface area contributed by atoms with E-state index in [1.807, 2.05) is 0 Å². The Morgan fingerprint density at radius 2 is 1.95 bits per heavy atom. The fourth-order valence-electron chi connectivity index (χ4n) is 1.54. The van der Waals surface area contributed by atoms with Gasteiger partial charge in [0.25, 0.3) is 0 Å². The number of hydrogen-bond donors (Lipinski definition) is 2. The van der Waals surface area contributed by atoms with Crippen LogP contribution in [0.5, 0.6) is 0 Å². The summed E-state index contributed by atoms with van der Waals surface area (Å²) in [5.41, 5.74) is 4.67. The second-order valence-electron chi connectivity index (χ2n) is 5.08. The molecule has 8 heteroatoms. The zero-order valence-corrected chi connectivity index (χ0v) is 13.8. The molecule has 0 fully saturated rings. The highest BCUT2D eigenvalue weighted by Gasteiger charge is 2.34. The lowest BCUT2D eigenvalue weighted by Crippen LogP contribution is -2.55. The van der Waals surface area contributed by atoms with Crippen LogP contribution in [0.15, 0.2) is 21.5 Å². The third-order valence-corrected chi connectivity index (χ3v) is 5.87. The van der Waals surface area contributed by atoms with Gasteiger partial charge < -0.3 is 5.73 Å². The molecule has 0 aliphatic heterocycles. The Kier molecular flexibility index (Phi) is 5.29. The molecule has 1 aromatic rings. The van der Waals surface area contributed by atoms with Crippen molar-refractivity contribution in [2.24, 2.45) is 11.7 Å². The molecule has 1 rings (SSSR count). The van der Waals surface area contributed by atoms with Gasteiger partial charge in [-0.3, -0.25) is 0 Å². The molecule has 1 atom stereocenters. The Hall–Kier alpha value is -0.570. The number of sulfonamides is 1. The fraction of sp³-hybridized carbons (Fsp3) is 0.500. The van der Waals surface area contributed by atoms with Gasteiger partial charge in [0, 0.05) is 22.6 Å². The third-order valence-electron chi connectivity index (χ3n) is 3.30. The van der Waals surface area contributed by atoms with E-state index in [1.165, 1.54) is 0 Å². The average molecular weight is 371 g/mol. The number of nitrogens with two attached hydrogens (primary N) is 1. The van der Waals surface area contributed by atoms with Gasteiger partial charge >= 0.3 is 0 Å². The van der Waals surface area contributed by atoms with Crippen molar-refractivity contribution in [2.75, 3.05) is 6.54 Å². The van der Waals surface area contributed by atoms with Gasteiger partial charge in [-0.15, -0.1) is 0 Å². The maximum atomic E-state index is 13.8. The summed E-state index contributed by atoms with van der Waals surface area (Å²) >= 11 is 2.87. The predicted molar refractivity (Wildman–Crippen MR) is 76.7 cm³/mol. The normalized spacial score (nSPS) is 15.4. The van der Waals surface area contributed by atoms with Crippen LogP contribution >= 0.6 is 15.9 Å². The maximum absolute atomic E-state index is 13.8. The highest BCUT2D eigenvalue weighted by Crippen LogP contribution is 2.28.